The molecule has 2 unspecified atom stereocenters. The Morgan fingerprint density at radius 1 is 1.24 bits per heavy atom. The molecule has 2 atom stereocenters. The molecule has 0 radical (unpaired) electrons. The molecule has 1 N–H and O–H groups in total. The van der Waals surface area contributed by atoms with Gasteiger partial charge >= 0.3 is 0 Å². The van der Waals surface area contributed by atoms with E-state index in [1.165, 1.54) is 38.9 Å². The van der Waals surface area contributed by atoms with Crippen LogP contribution in [0.25, 0.3) is 0 Å². The van der Waals surface area contributed by atoms with Crippen LogP contribution in [0.4, 0.5) is 0 Å². The second-order valence-electron chi connectivity index (χ2n) is 6.22. The summed E-state index contributed by atoms with van der Waals surface area (Å²) in [5.74, 6) is 1.62. The van der Waals surface area contributed by atoms with Crippen molar-refractivity contribution in [2.45, 2.75) is 66.0 Å². The third kappa shape index (κ3) is 4.59. The molecule has 102 valence electrons. The number of nitrogens with zero attached hydrogens (tertiary/aromatic N) is 1. The highest BCUT2D eigenvalue weighted by Gasteiger charge is 2.25. The second-order valence-corrected chi connectivity index (χ2v) is 6.22. The second kappa shape index (κ2) is 7.38. The largest absolute Gasteiger partial charge is 0.316 e. The van der Waals surface area contributed by atoms with Gasteiger partial charge in [0, 0.05) is 18.6 Å². The average molecular weight is 240 g/mol. The van der Waals surface area contributed by atoms with Crippen molar-refractivity contribution in [2.24, 2.45) is 11.8 Å². The fraction of sp³-hybridized carbons (Fsp3) is 1.00. The number of hydrogen-bond acceptors (Lipinski definition) is 2. The van der Waals surface area contributed by atoms with Gasteiger partial charge in [-0.05, 0) is 58.0 Å². The molecule has 1 heterocycles. The highest BCUT2D eigenvalue weighted by atomic mass is 15.2. The van der Waals surface area contributed by atoms with E-state index in [4.69, 9.17) is 0 Å². The summed E-state index contributed by atoms with van der Waals surface area (Å²) in [5.41, 5.74) is 0. The molecule has 1 saturated heterocycles. The summed E-state index contributed by atoms with van der Waals surface area (Å²) < 4.78 is 0. The molecule has 0 amide bonds. The van der Waals surface area contributed by atoms with Crippen LogP contribution in [-0.4, -0.2) is 36.6 Å². The van der Waals surface area contributed by atoms with E-state index < -0.39 is 0 Å². The maximum Gasteiger partial charge on any atom is 0.0118 e. The molecule has 17 heavy (non-hydrogen) atoms. The maximum absolute atomic E-state index is 3.54. The Kier molecular flexibility index (Phi) is 6.50. The zero-order chi connectivity index (χ0) is 12.8. The number of hydrogen-bond donors (Lipinski definition) is 1. The van der Waals surface area contributed by atoms with Crippen molar-refractivity contribution < 1.29 is 0 Å². The lowest BCUT2D eigenvalue weighted by Crippen LogP contribution is -2.48. The van der Waals surface area contributed by atoms with Gasteiger partial charge in [0.05, 0.1) is 0 Å². The van der Waals surface area contributed by atoms with Crippen LogP contribution in [0, 0.1) is 11.8 Å². The topological polar surface area (TPSA) is 15.3 Å². The van der Waals surface area contributed by atoms with Gasteiger partial charge in [0.1, 0.15) is 0 Å². The minimum absolute atomic E-state index is 0.671. The normalized spacial score (nSPS) is 23.6. The predicted octanol–water partition coefficient (Wildman–Crippen LogP) is 3.13. The Balaban J connectivity index is 2.57. The standard InChI is InChI=1S/C15H32N2/c1-6-15(12(2)3)17(13(4)5)11-14-8-7-9-16-10-14/h12-16H,6-11H2,1-5H3. The van der Waals surface area contributed by atoms with Crippen molar-refractivity contribution in [2.75, 3.05) is 19.6 Å². The van der Waals surface area contributed by atoms with Gasteiger partial charge in [-0.1, -0.05) is 20.8 Å². The summed E-state index contributed by atoms with van der Waals surface area (Å²) in [5, 5.41) is 3.54. The van der Waals surface area contributed by atoms with Crippen molar-refractivity contribution in [3.63, 3.8) is 0 Å². The van der Waals surface area contributed by atoms with Gasteiger partial charge in [0.25, 0.3) is 0 Å². The Hall–Kier alpha value is -0.0800. The van der Waals surface area contributed by atoms with E-state index in [0.29, 0.717) is 6.04 Å². The Labute approximate surface area is 108 Å². The monoisotopic (exact) mass is 240 g/mol. The molecule has 0 aromatic carbocycles. The van der Waals surface area contributed by atoms with E-state index in [9.17, 15) is 0 Å². The first kappa shape index (κ1) is 15.0. The first-order valence-electron chi connectivity index (χ1n) is 7.52. The molecule has 0 aromatic rings. The molecule has 1 aliphatic heterocycles. The van der Waals surface area contributed by atoms with Gasteiger partial charge < -0.3 is 5.32 Å². The lowest BCUT2D eigenvalue weighted by atomic mass is 9.94. The van der Waals surface area contributed by atoms with E-state index in [1.54, 1.807) is 0 Å². The van der Waals surface area contributed by atoms with Crippen molar-refractivity contribution in [3.05, 3.63) is 0 Å². The van der Waals surface area contributed by atoms with Gasteiger partial charge in [0.2, 0.25) is 0 Å². The van der Waals surface area contributed by atoms with Crippen LogP contribution in [0.3, 0.4) is 0 Å². The first-order valence-corrected chi connectivity index (χ1v) is 7.52. The van der Waals surface area contributed by atoms with Crippen LogP contribution >= 0.6 is 0 Å². The molecular weight excluding hydrogens is 208 g/mol. The van der Waals surface area contributed by atoms with Crippen LogP contribution in [0.5, 0.6) is 0 Å². The van der Waals surface area contributed by atoms with Gasteiger partial charge in [-0.25, -0.2) is 0 Å². The zero-order valence-electron chi connectivity index (χ0n) is 12.5. The SMILES string of the molecule is CCC(C(C)C)N(CC1CCCNC1)C(C)C. The summed E-state index contributed by atoms with van der Waals surface area (Å²) in [4.78, 5) is 2.74. The van der Waals surface area contributed by atoms with Crippen molar-refractivity contribution in [1.29, 1.82) is 0 Å². The van der Waals surface area contributed by atoms with Crippen molar-refractivity contribution in [1.82, 2.24) is 10.2 Å². The fourth-order valence-corrected chi connectivity index (χ4v) is 3.20. The zero-order valence-corrected chi connectivity index (χ0v) is 12.5. The molecule has 0 bridgehead atoms. The minimum atomic E-state index is 0.671. The van der Waals surface area contributed by atoms with Crippen molar-refractivity contribution >= 4 is 0 Å². The maximum atomic E-state index is 3.54. The molecular formula is C15H32N2. The predicted molar refractivity (Wildman–Crippen MR) is 76.4 cm³/mol. The lowest BCUT2D eigenvalue weighted by molar-refractivity contribution is 0.0872. The van der Waals surface area contributed by atoms with Gasteiger partial charge in [-0.15, -0.1) is 0 Å². The molecule has 0 spiro atoms. The van der Waals surface area contributed by atoms with Gasteiger partial charge in [-0.2, -0.15) is 0 Å². The molecule has 1 aliphatic rings. The Morgan fingerprint density at radius 3 is 2.35 bits per heavy atom. The number of rotatable bonds is 6. The van der Waals surface area contributed by atoms with Gasteiger partial charge in [0.15, 0.2) is 0 Å². The van der Waals surface area contributed by atoms with Crippen LogP contribution in [0.15, 0.2) is 0 Å². The van der Waals surface area contributed by atoms with E-state index in [1.807, 2.05) is 0 Å². The molecule has 0 saturated carbocycles. The van der Waals surface area contributed by atoms with Crippen LogP contribution in [0.1, 0.15) is 53.9 Å². The lowest BCUT2D eigenvalue weighted by Gasteiger charge is -2.40. The smallest absolute Gasteiger partial charge is 0.0118 e. The highest BCUT2D eigenvalue weighted by molar-refractivity contribution is 4.81. The third-order valence-corrected chi connectivity index (χ3v) is 4.15. The third-order valence-electron chi connectivity index (χ3n) is 4.15. The first-order chi connectivity index (χ1) is 8.06. The summed E-state index contributed by atoms with van der Waals surface area (Å²) in [6.07, 6.45) is 4.04. The van der Waals surface area contributed by atoms with Crippen LogP contribution in [-0.2, 0) is 0 Å². The summed E-state index contributed by atoms with van der Waals surface area (Å²) in [6, 6.07) is 1.42. The molecule has 2 heteroatoms. The number of piperidine rings is 1. The minimum Gasteiger partial charge on any atom is -0.316 e. The average Bonchev–Trinajstić information content (AvgIpc) is 2.29. The van der Waals surface area contributed by atoms with Crippen LogP contribution < -0.4 is 5.32 Å². The summed E-state index contributed by atoms with van der Waals surface area (Å²) in [7, 11) is 0. The van der Waals surface area contributed by atoms with E-state index in [2.05, 4.69) is 44.8 Å². The number of nitrogens with one attached hydrogen (secondary N) is 1. The highest BCUT2D eigenvalue weighted by Crippen LogP contribution is 2.21. The molecule has 2 nitrogen and oxygen atoms in total. The summed E-state index contributed by atoms with van der Waals surface area (Å²) in [6.45, 7) is 15.5. The van der Waals surface area contributed by atoms with Gasteiger partial charge in [-0.3, -0.25) is 4.90 Å². The quantitative estimate of drug-likeness (QED) is 0.767. The molecule has 1 fully saturated rings. The molecule has 0 aliphatic carbocycles. The van der Waals surface area contributed by atoms with E-state index in [0.717, 1.165) is 17.9 Å². The molecule has 0 aromatic heterocycles. The fourth-order valence-electron chi connectivity index (χ4n) is 3.20. The van der Waals surface area contributed by atoms with E-state index in [-0.39, 0.29) is 0 Å². The van der Waals surface area contributed by atoms with E-state index >= 15 is 0 Å². The Morgan fingerprint density at radius 2 is 1.94 bits per heavy atom. The summed E-state index contributed by atoms with van der Waals surface area (Å²) >= 11 is 0. The van der Waals surface area contributed by atoms with Crippen molar-refractivity contribution in [3.8, 4) is 0 Å². The van der Waals surface area contributed by atoms with Crippen LogP contribution in [0.2, 0.25) is 0 Å². The Bertz CT molecular complexity index is 195. The molecule has 1 rings (SSSR count).